The summed E-state index contributed by atoms with van der Waals surface area (Å²) in [5.74, 6) is 2.12. The summed E-state index contributed by atoms with van der Waals surface area (Å²) in [7, 11) is 0. The predicted molar refractivity (Wildman–Crippen MR) is 63.3 cm³/mol. The summed E-state index contributed by atoms with van der Waals surface area (Å²) in [5.41, 5.74) is 0. The van der Waals surface area contributed by atoms with Crippen molar-refractivity contribution in [3.63, 3.8) is 0 Å². The minimum atomic E-state index is 0.712. The molecular formula is C13H20N2O. The third kappa shape index (κ3) is 2.47. The molecule has 0 bridgehead atoms. The Morgan fingerprint density at radius 2 is 2.19 bits per heavy atom. The van der Waals surface area contributed by atoms with Crippen LogP contribution in [0.4, 0.5) is 0 Å². The number of hydrogen-bond acceptors (Lipinski definition) is 3. The zero-order chi connectivity index (χ0) is 11.0. The SMILES string of the molecule is Cc1ccc(CN2CCC(NC3CC3)C2)o1. The number of hydrogen-bond donors (Lipinski definition) is 1. The van der Waals surface area contributed by atoms with Crippen LogP contribution < -0.4 is 5.32 Å². The van der Waals surface area contributed by atoms with Crippen LogP contribution in [0.1, 0.15) is 30.8 Å². The van der Waals surface area contributed by atoms with Crippen molar-refractivity contribution in [3.05, 3.63) is 23.7 Å². The Hall–Kier alpha value is -0.800. The number of aryl methyl sites for hydroxylation is 1. The summed E-state index contributed by atoms with van der Waals surface area (Å²) in [6.45, 7) is 5.35. The molecule has 1 saturated heterocycles. The summed E-state index contributed by atoms with van der Waals surface area (Å²) in [6.07, 6.45) is 4.05. The van der Waals surface area contributed by atoms with Crippen molar-refractivity contribution >= 4 is 0 Å². The Morgan fingerprint density at radius 3 is 2.88 bits per heavy atom. The average Bonchev–Trinajstić information content (AvgIpc) is 2.80. The number of likely N-dealkylation sites (tertiary alicyclic amines) is 1. The fraction of sp³-hybridized carbons (Fsp3) is 0.692. The highest BCUT2D eigenvalue weighted by Gasteiger charge is 2.29. The molecule has 0 amide bonds. The molecule has 88 valence electrons. The van der Waals surface area contributed by atoms with Gasteiger partial charge >= 0.3 is 0 Å². The van der Waals surface area contributed by atoms with Gasteiger partial charge in [0.1, 0.15) is 11.5 Å². The van der Waals surface area contributed by atoms with E-state index < -0.39 is 0 Å². The van der Waals surface area contributed by atoms with E-state index in [2.05, 4.69) is 16.3 Å². The first-order valence-electron chi connectivity index (χ1n) is 6.33. The number of nitrogens with one attached hydrogen (secondary N) is 1. The normalized spacial score (nSPS) is 26.4. The molecule has 1 N–H and O–H groups in total. The summed E-state index contributed by atoms with van der Waals surface area (Å²) < 4.78 is 5.61. The van der Waals surface area contributed by atoms with Crippen LogP contribution in [0.3, 0.4) is 0 Å². The van der Waals surface area contributed by atoms with Crippen molar-refractivity contribution < 1.29 is 4.42 Å². The van der Waals surface area contributed by atoms with Crippen LogP contribution in [0.25, 0.3) is 0 Å². The molecule has 3 heteroatoms. The first-order chi connectivity index (χ1) is 7.79. The zero-order valence-electron chi connectivity index (χ0n) is 9.91. The third-order valence-electron chi connectivity index (χ3n) is 3.50. The van der Waals surface area contributed by atoms with Gasteiger partial charge in [0.05, 0.1) is 6.54 Å². The molecule has 1 aromatic heterocycles. The van der Waals surface area contributed by atoms with Gasteiger partial charge in [-0.3, -0.25) is 4.90 Å². The number of rotatable bonds is 4. The molecule has 2 fully saturated rings. The molecule has 1 unspecified atom stereocenters. The van der Waals surface area contributed by atoms with Crippen LogP contribution in [-0.4, -0.2) is 30.1 Å². The van der Waals surface area contributed by atoms with Gasteiger partial charge in [-0.1, -0.05) is 0 Å². The lowest BCUT2D eigenvalue weighted by atomic mass is 10.2. The minimum absolute atomic E-state index is 0.712. The van der Waals surface area contributed by atoms with Crippen LogP contribution in [0, 0.1) is 6.92 Å². The lowest BCUT2D eigenvalue weighted by Crippen LogP contribution is -2.33. The summed E-state index contributed by atoms with van der Waals surface area (Å²) in [6, 6.07) is 5.68. The molecule has 16 heavy (non-hydrogen) atoms. The first-order valence-corrected chi connectivity index (χ1v) is 6.33. The van der Waals surface area contributed by atoms with Crippen molar-refractivity contribution in [1.29, 1.82) is 0 Å². The van der Waals surface area contributed by atoms with Crippen LogP contribution >= 0.6 is 0 Å². The van der Waals surface area contributed by atoms with Gasteiger partial charge in [0.15, 0.2) is 0 Å². The molecule has 0 spiro atoms. The van der Waals surface area contributed by atoms with E-state index in [4.69, 9.17) is 4.42 Å². The van der Waals surface area contributed by atoms with Gasteiger partial charge in [-0.05, 0) is 38.3 Å². The Morgan fingerprint density at radius 1 is 1.31 bits per heavy atom. The van der Waals surface area contributed by atoms with Crippen molar-refractivity contribution in [2.45, 2.75) is 44.8 Å². The fourth-order valence-corrected chi connectivity index (χ4v) is 2.49. The maximum Gasteiger partial charge on any atom is 0.118 e. The molecule has 1 saturated carbocycles. The molecule has 0 radical (unpaired) electrons. The second kappa shape index (κ2) is 4.22. The van der Waals surface area contributed by atoms with Gasteiger partial charge in [0.25, 0.3) is 0 Å². The van der Waals surface area contributed by atoms with Crippen LogP contribution in [0.15, 0.2) is 16.5 Å². The molecule has 2 heterocycles. The van der Waals surface area contributed by atoms with E-state index >= 15 is 0 Å². The zero-order valence-corrected chi connectivity index (χ0v) is 9.91. The smallest absolute Gasteiger partial charge is 0.118 e. The van der Waals surface area contributed by atoms with E-state index in [1.165, 1.54) is 32.4 Å². The Labute approximate surface area is 96.8 Å². The van der Waals surface area contributed by atoms with Crippen molar-refractivity contribution in [2.75, 3.05) is 13.1 Å². The number of furan rings is 1. The average molecular weight is 220 g/mol. The highest BCUT2D eigenvalue weighted by atomic mass is 16.3. The van der Waals surface area contributed by atoms with Crippen molar-refractivity contribution in [3.8, 4) is 0 Å². The summed E-state index contributed by atoms with van der Waals surface area (Å²) in [4.78, 5) is 2.48. The van der Waals surface area contributed by atoms with Crippen LogP contribution in [0.5, 0.6) is 0 Å². The molecule has 0 aromatic carbocycles. The lowest BCUT2D eigenvalue weighted by molar-refractivity contribution is 0.287. The van der Waals surface area contributed by atoms with Gasteiger partial charge in [-0.2, -0.15) is 0 Å². The van der Waals surface area contributed by atoms with E-state index in [0.29, 0.717) is 6.04 Å². The summed E-state index contributed by atoms with van der Waals surface area (Å²) in [5, 5.41) is 3.70. The molecule has 1 aliphatic carbocycles. The second-order valence-electron chi connectivity index (χ2n) is 5.17. The minimum Gasteiger partial charge on any atom is -0.465 e. The van der Waals surface area contributed by atoms with Crippen LogP contribution in [0.2, 0.25) is 0 Å². The molecule has 3 rings (SSSR count). The first kappa shape index (κ1) is 10.4. The maximum absolute atomic E-state index is 5.61. The third-order valence-corrected chi connectivity index (χ3v) is 3.50. The van der Waals surface area contributed by atoms with E-state index in [1.807, 2.05) is 13.0 Å². The number of nitrogens with zero attached hydrogens (tertiary/aromatic N) is 1. The maximum atomic E-state index is 5.61. The lowest BCUT2D eigenvalue weighted by Gasteiger charge is -2.15. The standard InChI is InChI=1S/C13H20N2O/c1-10-2-5-13(16-10)9-15-7-6-12(8-15)14-11-3-4-11/h2,5,11-12,14H,3-4,6-9H2,1H3. The Bertz CT molecular complexity index is 357. The van der Waals surface area contributed by atoms with E-state index in [0.717, 1.165) is 24.1 Å². The molecule has 1 atom stereocenters. The molecule has 3 nitrogen and oxygen atoms in total. The van der Waals surface area contributed by atoms with Gasteiger partial charge in [-0.15, -0.1) is 0 Å². The van der Waals surface area contributed by atoms with E-state index in [-0.39, 0.29) is 0 Å². The van der Waals surface area contributed by atoms with Gasteiger partial charge in [0.2, 0.25) is 0 Å². The van der Waals surface area contributed by atoms with Crippen molar-refractivity contribution in [1.82, 2.24) is 10.2 Å². The van der Waals surface area contributed by atoms with Crippen LogP contribution in [-0.2, 0) is 6.54 Å². The fourth-order valence-electron chi connectivity index (χ4n) is 2.49. The predicted octanol–water partition coefficient (Wildman–Crippen LogP) is 1.91. The van der Waals surface area contributed by atoms with E-state index in [1.54, 1.807) is 0 Å². The van der Waals surface area contributed by atoms with Gasteiger partial charge < -0.3 is 9.73 Å². The Kier molecular flexibility index (Phi) is 2.74. The molecule has 2 aliphatic rings. The van der Waals surface area contributed by atoms with E-state index in [9.17, 15) is 0 Å². The quantitative estimate of drug-likeness (QED) is 0.840. The van der Waals surface area contributed by atoms with Crippen molar-refractivity contribution in [2.24, 2.45) is 0 Å². The Balaban J connectivity index is 1.49. The molecule has 1 aliphatic heterocycles. The largest absolute Gasteiger partial charge is 0.465 e. The second-order valence-corrected chi connectivity index (χ2v) is 5.17. The monoisotopic (exact) mass is 220 g/mol. The summed E-state index contributed by atoms with van der Waals surface area (Å²) >= 11 is 0. The van der Waals surface area contributed by atoms with Gasteiger partial charge in [0, 0.05) is 25.2 Å². The highest BCUT2D eigenvalue weighted by Crippen LogP contribution is 2.22. The molecular weight excluding hydrogens is 200 g/mol. The molecule has 1 aromatic rings. The highest BCUT2D eigenvalue weighted by molar-refractivity contribution is 5.06. The topological polar surface area (TPSA) is 28.4 Å². The van der Waals surface area contributed by atoms with Gasteiger partial charge in [-0.25, -0.2) is 0 Å².